The molecule has 2 unspecified atom stereocenters. The minimum absolute atomic E-state index is 0. The van der Waals surface area contributed by atoms with E-state index in [0.29, 0.717) is 0 Å². The largest absolute Gasteiger partial charge is 1.00 e. The summed E-state index contributed by atoms with van der Waals surface area (Å²) in [5, 5.41) is 0. The zero-order valence-electron chi connectivity index (χ0n) is 35.6. The molecule has 8 nitrogen and oxygen atoms in total. The predicted molar refractivity (Wildman–Crippen MR) is 209 cm³/mol. The predicted octanol–water partition coefficient (Wildman–Crippen LogP) is 7.55. The molecule has 0 saturated heterocycles. The van der Waals surface area contributed by atoms with Gasteiger partial charge in [-0.25, -0.2) is 0 Å². The molecular formula is C40H84KNaO8P2. The van der Waals surface area contributed by atoms with Crippen LogP contribution in [-0.2, 0) is 27.2 Å². The first-order chi connectivity index (χ1) is 24.2. The van der Waals surface area contributed by atoms with Crippen molar-refractivity contribution in [2.24, 2.45) is 0 Å². The summed E-state index contributed by atoms with van der Waals surface area (Å²) in [7, 11) is -8.16. The van der Waals surface area contributed by atoms with Crippen LogP contribution in [0.25, 0.3) is 0 Å². The molecule has 0 amide bonds. The Balaban J connectivity index is -0.000000427. The van der Waals surface area contributed by atoms with E-state index in [1.165, 1.54) is 141 Å². The number of phosphoric acid groups is 2. The van der Waals surface area contributed by atoms with Crippen molar-refractivity contribution >= 4 is 15.6 Å². The topological polar surface area (TPSA) is 117 Å². The summed E-state index contributed by atoms with van der Waals surface area (Å²) in [4.78, 5) is 23.2. The average molecular weight is 817 g/mol. The number of hydrogen-bond acceptors (Lipinski definition) is 8. The molecule has 0 aliphatic carbocycles. The van der Waals surface area contributed by atoms with Gasteiger partial charge in [0.1, 0.15) is 0 Å². The van der Waals surface area contributed by atoms with Crippen LogP contribution in [0.3, 0.4) is 0 Å². The summed E-state index contributed by atoms with van der Waals surface area (Å²) in [6, 6.07) is 0. The van der Waals surface area contributed by atoms with E-state index in [-0.39, 0.29) is 107 Å². The molecule has 0 aliphatic rings. The van der Waals surface area contributed by atoms with Gasteiger partial charge >= 0.3 is 80.9 Å². The molecule has 0 bridgehead atoms. The fourth-order valence-electron chi connectivity index (χ4n) is 5.72. The summed E-state index contributed by atoms with van der Waals surface area (Å²) in [5.74, 6) is 0. The average Bonchev–Trinajstić information content (AvgIpc) is 3.09. The van der Waals surface area contributed by atoms with Crippen LogP contribution in [0, 0.1) is 0 Å². The Morgan fingerprint density at radius 3 is 0.596 bits per heavy atom. The van der Waals surface area contributed by atoms with Gasteiger partial charge in [0, 0.05) is 0 Å². The summed E-state index contributed by atoms with van der Waals surface area (Å²) < 4.78 is 42.9. The summed E-state index contributed by atoms with van der Waals surface area (Å²) in [6.07, 6.45) is 37.8. The van der Waals surface area contributed by atoms with E-state index in [9.17, 15) is 18.9 Å². The smallest absolute Gasteiger partial charge is 0.756 e. The maximum absolute atomic E-state index is 11.6. The van der Waals surface area contributed by atoms with Gasteiger partial charge in [-0.2, -0.15) is 0 Å². The van der Waals surface area contributed by atoms with Gasteiger partial charge in [-0.15, -0.1) is 0 Å². The van der Waals surface area contributed by atoms with Gasteiger partial charge < -0.3 is 27.9 Å². The maximum atomic E-state index is 11.6. The fourth-order valence-corrected chi connectivity index (χ4v) is 7.28. The molecule has 0 aromatic carbocycles. The quantitative estimate of drug-likeness (QED) is 0.0354. The third-order valence-corrected chi connectivity index (χ3v) is 11.0. The third-order valence-electron chi connectivity index (χ3n) is 8.99. The molecule has 0 aromatic rings. The van der Waals surface area contributed by atoms with Crippen molar-refractivity contribution in [3.63, 3.8) is 0 Å². The first-order valence-corrected chi connectivity index (χ1v) is 24.4. The van der Waals surface area contributed by atoms with E-state index in [1.54, 1.807) is 0 Å². The van der Waals surface area contributed by atoms with E-state index in [4.69, 9.17) is 18.1 Å². The van der Waals surface area contributed by atoms with E-state index in [0.717, 1.165) is 64.2 Å². The first kappa shape index (κ1) is 61.5. The SMILES string of the molecule is CCCCCCCCCCCCOP(=O)([O-])OCCCCCCCC.CCCCCCCCCCCCOP(=O)([O-])OCCCCCCCC.[K+].[Na+]. The van der Waals surface area contributed by atoms with Crippen LogP contribution >= 0.6 is 15.6 Å². The Morgan fingerprint density at radius 2 is 0.442 bits per heavy atom. The number of unbranched alkanes of at least 4 members (excludes halogenated alkanes) is 28. The molecule has 0 rings (SSSR count). The van der Waals surface area contributed by atoms with Gasteiger partial charge in [0.2, 0.25) is 0 Å². The third kappa shape index (κ3) is 55.0. The molecule has 52 heavy (non-hydrogen) atoms. The normalized spacial score (nSPS) is 13.3. The van der Waals surface area contributed by atoms with Gasteiger partial charge in [-0.1, -0.05) is 207 Å². The van der Waals surface area contributed by atoms with Crippen LogP contribution in [0.5, 0.6) is 0 Å². The standard InChI is InChI=1S/2C20H43O4P.K.Na/c2*1-3-5-7-9-11-12-13-14-16-18-20-24-25(21,22)23-19-17-15-10-8-6-4-2;;/h2*3-20H2,1-2H3,(H,21,22);;/q;;2*+1/p-2. The van der Waals surface area contributed by atoms with Gasteiger partial charge in [0.15, 0.2) is 0 Å². The molecule has 0 aromatic heterocycles. The molecule has 0 N–H and O–H groups in total. The van der Waals surface area contributed by atoms with Crippen molar-refractivity contribution in [2.75, 3.05) is 26.4 Å². The van der Waals surface area contributed by atoms with E-state index >= 15 is 0 Å². The van der Waals surface area contributed by atoms with Crippen LogP contribution < -0.4 is 90.7 Å². The van der Waals surface area contributed by atoms with Gasteiger partial charge in [0.05, 0.1) is 26.4 Å². The molecule has 0 heterocycles. The van der Waals surface area contributed by atoms with Gasteiger partial charge in [-0.05, 0) is 25.7 Å². The molecule has 0 spiro atoms. The Labute approximate surface area is 388 Å². The second-order valence-electron chi connectivity index (χ2n) is 14.1. The zero-order valence-corrected chi connectivity index (χ0v) is 42.5. The molecule has 2 atom stereocenters. The van der Waals surface area contributed by atoms with Crippen LogP contribution in [0.2, 0.25) is 0 Å². The minimum atomic E-state index is -4.08. The van der Waals surface area contributed by atoms with Crippen molar-refractivity contribution in [1.82, 2.24) is 0 Å². The van der Waals surface area contributed by atoms with Crippen LogP contribution in [0.1, 0.15) is 233 Å². The second-order valence-corrected chi connectivity index (χ2v) is 16.9. The van der Waals surface area contributed by atoms with E-state index < -0.39 is 15.6 Å². The zero-order chi connectivity index (χ0) is 37.3. The molecule has 304 valence electrons. The number of phosphoric ester groups is 2. The van der Waals surface area contributed by atoms with Crippen LogP contribution in [0.15, 0.2) is 0 Å². The molecule has 0 aliphatic heterocycles. The monoisotopic (exact) mass is 817 g/mol. The molecule has 0 radical (unpaired) electrons. The van der Waals surface area contributed by atoms with E-state index in [2.05, 4.69) is 27.7 Å². The minimum Gasteiger partial charge on any atom is -0.756 e. The second kappa shape index (κ2) is 50.0. The van der Waals surface area contributed by atoms with Crippen LogP contribution in [-0.4, -0.2) is 26.4 Å². The van der Waals surface area contributed by atoms with Crippen LogP contribution in [0.4, 0.5) is 0 Å². The summed E-state index contributed by atoms with van der Waals surface area (Å²) >= 11 is 0. The first-order valence-electron chi connectivity index (χ1n) is 21.4. The number of hydrogen-bond donors (Lipinski definition) is 0. The fraction of sp³-hybridized carbons (Fsp3) is 1.00. The Morgan fingerprint density at radius 1 is 0.308 bits per heavy atom. The van der Waals surface area contributed by atoms with Crippen molar-refractivity contribution in [1.29, 1.82) is 0 Å². The molecule has 0 saturated carbocycles. The van der Waals surface area contributed by atoms with Crippen molar-refractivity contribution in [3.05, 3.63) is 0 Å². The van der Waals surface area contributed by atoms with Crippen molar-refractivity contribution < 1.29 is 118 Å². The Bertz CT molecular complexity index is 694. The van der Waals surface area contributed by atoms with Gasteiger partial charge in [-0.3, -0.25) is 9.13 Å². The Hall–Kier alpha value is 2.86. The summed E-state index contributed by atoms with van der Waals surface area (Å²) in [5.41, 5.74) is 0. The maximum Gasteiger partial charge on any atom is 1.00 e. The molecular weight excluding hydrogens is 732 g/mol. The Kier molecular flexibility index (Phi) is 59.2. The van der Waals surface area contributed by atoms with E-state index in [1.807, 2.05) is 0 Å². The molecule has 12 heteroatoms. The summed E-state index contributed by atoms with van der Waals surface area (Å²) in [6.45, 7) is 9.87. The number of rotatable bonds is 40. The molecule has 0 fully saturated rings. The van der Waals surface area contributed by atoms with Gasteiger partial charge in [0.25, 0.3) is 15.6 Å². The van der Waals surface area contributed by atoms with Crippen molar-refractivity contribution in [2.45, 2.75) is 233 Å². The van der Waals surface area contributed by atoms with Crippen molar-refractivity contribution in [3.8, 4) is 0 Å².